The van der Waals surface area contributed by atoms with Crippen LogP contribution in [0.1, 0.15) is 45.7 Å². The number of carboxylic acid groups (broad SMARTS) is 1. The lowest BCUT2D eigenvalue weighted by Gasteiger charge is -2.17. The van der Waals surface area contributed by atoms with E-state index in [0.29, 0.717) is 24.1 Å². The minimum absolute atomic E-state index is 0.293. The molecule has 0 saturated carbocycles. The SMILES string of the molecule is CC(C)C[C@@H](Nc1cc(C(C)C)ncn1)C(=O)O. The first-order chi connectivity index (χ1) is 8.40. The van der Waals surface area contributed by atoms with Gasteiger partial charge in [-0.3, -0.25) is 0 Å². The quantitative estimate of drug-likeness (QED) is 0.812. The Morgan fingerprint density at radius 2 is 2.00 bits per heavy atom. The lowest BCUT2D eigenvalue weighted by atomic mass is 10.0. The van der Waals surface area contributed by atoms with Gasteiger partial charge in [0.1, 0.15) is 18.2 Å². The molecule has 1 aromatic heterocycles. The van der Waals surface area contributed by atoms with Crippen LogP contribution in [0.4, 0.5) is 5.82 Å². The van der Waals surface area contributed by atoms with Crippen LogP contribution in [0.5, 0.6) is 0 Å². The van der Waals surface area contributed by atoms with Gasteiger partial charge in [0.15, 0.2) is 0 Å². The summed E-state index contributed by atoms with van der Waals surface area (Å²) in [6, 6.07) is 1.20. The minimum Gasteiger partial charge on any atom is -0.480 e. The van der Waals surface area contributed by atoms with Crippen LogP contribution in [0.25, 0.3) is 0 Å². The van der Waals surface area contributed by atoms with Crippen LogP contribution < -0.4 is 5.32 Å². The first kappa shape index (κ1) is 14.4. The molecule has 1 aromatic rings. The molecular weight excluding hydrogens is 230 g/mol. The zero-order valence-electron chi connectivity index (χ0n) is 11.3. The molecule has 0 aliphatic rings. The highest BCUT2D eigenvalue weighted by molar-refractivity contribution is 5.76. The number of nitrogens with one attached hydrogen (secondary N) is 1. The van der Waals surface area contributed by atoms with Crippen molar-refractivity contribution in [2.24, 2.45) is 5.92 Å². The summed E-state index contributed by atoms with van der Waals surface area (Å²) in [5.41, 5.74) is 0.904. The Hall–Kier alpha value is -1.65. The summed E-state index contributed by atoms with van der Waals surface area (Å²) in [6.07, 6.45) is 2.03. The number of carboxylic acids is 1. The number of aromatic nitrogens is 2. The fraction of sp³-hybridized carbons (Fsp3) is 0.615. The zero-order valence-corrected chi connectivity index (χ0v) is 11.3. The van der Waals surface area contributed by atoms with E-state index in [2.05, 4.69) is 15.3 Å². The fourth-order valence-corrected chi connectivity index (χ4v) is 1.64. The number of hydrogen-bond donors (Lipinski definition) is 2. The number of anilines is 1. The monoisotopic (exact) mass is 251 g/mol. The summed E-state index contributed by atoms with van der Waals surface area (Å²) in [7, 11) is 0. The molecular formula is C13H21N3O2. The third-order valence-electron chi connectivity index (χ3n) is 2.61. The van der Waals surface area contributed by atoms with Crippen LogP contribution >= 0.6 is 0 Å². The van der Waals surface area contributed by atoms with Crippen LogP contribution in [0.2, 0.25) is 0 Å². The molecule has 100 valence electrons. The van der Waals surface area contributed by atoms with Crippen molar-refractivity contribution in [2.75, 3.05) is 5.32 Å². The standard InChI is InChI=1S/C13H21N3O2/c1-8(2)5-11(13(17)18)16-12-6-10(9(3)4)14-7-15-12/h6-9,11H,5H2,1-4H3,(H,17,18)(H,14,15,16)/t11-/m1/s1. The van der Waals surface area contributed by atoms with Gasteiger partial charge in [0.05, 0.1) is 0 Å². The first-order valence-electron chi connectivity index (χ1n) is 6.21. The predicted octanol–water partition coefficient (Wildman–Crippen LogP) is 2.51. The third kappa shape index (κ3) is 4.31. The van der Waals surface area contributed by atoms with Gasteiger partial charge in [-0.2, -0.15) is 0 Å². The summed E-state index contributed by atoms with van der Waals surface area (Å²) in [5.74, 6) is 0.321. The molecule has 0 radical (unpaired) electrons. The van der Waals surface area contributed by atoms with Crippen molar-refractivity contribution < 1.29 is 9.90 Å². The molecule has 1 rings (SSSR count). The smallest absolute Gasteiger partial charge is 0.326 e. The van der Waals surface area contributed by atoms with E-state index in [0.717, 1.165) is 5.69 Å². The Bertz CT molecular complexity index is 405. The first-order valence-corrected chi connectivity index (χ1v) is 6.21. The van der Waals surface area contributed by atoms with Gasteiger partial charge < -0.3 is 10.4 Å². The average molecular weight is 251 g/mol. The van der Waals surface area contributed by atoms with Crippen LogP contribution in [-0.4, -0.2) is 27.1 Å². The lowest BCUT2D eigenvalue weighted by molar-refractivity contribution is -0.138. The van der Waals surface area contributed by atoms with Crippen molar-refractivity contribution in [1.82, 2.24) is 9.97 Å². The largest absolute Gasteiger partial charge is 0.480 e. The Kier molecular flexibility index (Phi) is 5.07. The van der Waals surface area contributed by atoms with Crippen molar-refractivity contribution in [3.8, 4) is 0 Å². The van der Waals surface area contributed by atoms with E-state index in [9.17, 15) is 4.79 Å². The second kappa shape index (κ2) is 6.33. The highest BCUT2D eigenvalue weighted by Gasteiger charge is 2.19. The van der Waals surface area contributed by atoms with Gasteiger partial charge in [0, 0.05) is 11.8 Å². The van der Waals surface area contributed by atoms with Gasteiger partial charge in [-0.15, -0.1) is 0 Å². The van der Waals surface area contributed by atoms with Crippen LogP contribution in [0.15, 0.2) is 12.4 Å². The van der Waals surface area contributed by atoms with Crippen molar-refractivity contribution in [2.45, 2.75) is 46.1 Å². The number of aliphatic carboxylic acids is 1. The second-order valence-electron chi connectivity index (χ2n) is 5.15. The molecule has 0 saturated heterocycles. The topological polar surface area (TPSA) is 75.1 Å². The maximum Gasteiger partial charge on any atom is 0.326 e. The number of nitrogens with zero attached hydrogens (tertiary/aromatic N) is 2. The number of hydrogen-bond acceptors (Lipinski definition) is 4. The molecule has 1 heterocycles. The van der Waals surface area contributed by atoms with Gasteiger partial charge in [0.2, 0.25) is 0 Å². The Morgan fingerprint density at radius 3 is 2.50 bits per heavy atom. The summed E-state index contributed by atoms with van der Waals surface area (Å²) in [5, 5.41) is 12.1. The molecule has 0 amide bonds. The summed E-state index contributed by atoms with van der Waals surface area (Å²) >= 11 is 0. The molecule has 0 bridgehead atoms. The lowest BCUT2D eigenvalue weighted by Crippen LogP contribution is -2.31. The average Bonchev–Trinajstić information content (AvgIpc) is 2.27. The number of carbonyl (C=O) groups is 1. The highest BCUT2D eigenvalue weighted by atomic mass is 16.4. The Balaban J connectivity index is 2.80. The van der Waals surface area contributed by atoms with E-state index < -0.39 is 12.0 Å². The van der Waals surface area contributed by atoms with Gasteiger partial charge in [0.25, 0.3) is 0 Å². The van der Waals surface area contributed by atoms with Gasteiger partial charge >= 0.3 is 5.97 Å². The highest BCUT2D eigenvalue weighted by Crippen LogP contribution is 2.16. The normalized spacial score (nSPS) is 12.8. The molecule has 0 aliphatic heterocycles. The zero-order chi connectivity index (χ0) is 13.7. The summed E-state index contributed by atoms with van der Waals surface area (Å²) in [6.45, 7) is 8.07. The second-order valence-corrected chi connectivity index (χ2v) is 5.15. The van der Waals surface area contributed by atoms with E-state index in [-0.39, 0.29) is 0 Å². The van der Waals surface area contributed by atoms with Crippen LogP contribution in [0, 0.1) is 5.92 Å². The molecule has 1 atom stereocenters. The van der Waals surface area contributed by atoms with Crippen LogP contribution in [-0.2, 0) is 4.79 Å². The fourth-order valence-electron chi connectivity index (χ4n) is 1.64. The third-order valence-corrected chi connectivity index (χ3v) is 2.61. The van der Waals surface area contributed by atoms with E-state index in [1.807, 2.05) is 27.7 Å². The van der Waals surface area contributed by atoms with Crippen LogP contribution in [0.3, 0.4) is 0 Å². The predicted molar refractivity (Wildman–Crippen MR) is 70.6 cm³/mol. The molecule has 0 aliphatic carbocycles. The van der Waals surface area contributed by atoms with Gasteiger partial charge in [-0.25, -0.2) is 14.8 Å². The summed E-state index contributed by atoms with van der Waals surface area (Å²) < 4.78 is 0. The Labute approximate surface area is 108 Å². The van der Waals surface area contributed by atoms with E-state index >= 15 is 0 Å². The van der Waals surface area contributed by atoms with Gasteiger partial charge in [-0.1, -0.05) is 27.7 Å². The maximum atomic E-state index is 11.2. The van der Waals surface area contributed by atoms with E-state index in [1.54, 1.807) is 6.07 Å². The maximum absolute atomic E-state index is 11.2. The molecule has 0 spiro atoms. The van der Waals surface area contributed by atoms with Crippen molar-refractivity contribution >= 4 is 11.8 Å². The van der Waals surface area contributed by atoms with Gasteiger partial charge in [-0.05, 0) is 18.3 Å². The van der Waals surface area contributed by atoms with E-state index in [4.69, 9.17) is 5.11 Å². The molecule has 5 heteroatoms. The van der Waals surface area contributed by atoms with Crippen molar-refractivity contribution in [1.29, 1.82) is 0 Å². The Morgan fingerprint density at radius 1 is 1.33 bits per heavy atom. The molecule has 0 aromatic carbocycles. The summed E-state index contributed by atoms with van der Waals surface area (Å²) in [4.78, 5) is 19.4. The van der Waals surface area contributed by atoms with Crippen molar-refractivity contribution in [3.63, 3.8) is 0 Å². The molecule has 0 unspecified atom stereocenters. The minimum atomic E-state index is -0.853. The molecule has 2 N–H and O–H groups in total. The van der Waals surface area contributed by atoms with Crippen molar-refractivity contribution in [3.05, 3.63) is 18.1 Å². The molecule has 5 nitrogen and oxygen atoms in total. The number of rotatable bonds is 6. The van der Waals surface area contributed by atoms with E-state index in [1.165, 1.54) is 6.33 Å². The molecule has 18 heavy (non-hydrogen) atoms. The molecule has 0 fully saturated rings.